The summed E-state index contributed by atoms with van der Waals surface area (Å²) in [5.41, 5.74) is 6.22. The SMILES string of the molecule is CC(C)(C)OC(=O)N1CCCC1n1cc(CCCN)cn1. The number of amides is 1. The number of aryl methyl sites for hydroxylation is 1. The second kappa shape index (κ2) is 6.47. The fourth-order valence-corrected chi connectivity index (χ4v) is 2.53. The van der Waals surface area contributed by atoms with E-state index in [0.29, 0.717) is 6.54 Å². The number of ether oxygens (including phenoxy) is 1. The van der Waals surface area contributed by atoms with E-state index in [0.717, 1.165) is 37.8 Å². The van der Waals surface area contributed by atoms with E-state index in [-0.39, 0.29) is 12.3 Å². The maximum atomic E-state index is 12.3. The van der Waals surface area contributed by atoms with Crippen LogP contribution < -0.4 is 5.73 Å². The molecule has 1 aromatic rings. The van der Waals surface area contributed by atoms with Crippen LogP contribution in [0.5, 0.6) is 0 Å². The lowest BCUT2D eigenvalue weighted by molar-refractivity contribution is 0.0149. The van der Waals surface area contributed by atoms with Gasteiger partial charge < -0.3 is 10.5 Å². The molecule has 1 fully saturated rings. The van der Waals surface area contributed by atoms with Gasteiger partial charge in [0.2, 0.25) is 0 Å². The first-order chi connectivity index (χ1) is 9.90. The molecular weight excluding hydrogens is 268 g/mol. The first-order valence-corrected chi connectivity index (χ1v) is 7.63. The maximum Gasteiger partial charge on any atom is 0.411 e. The van der Waals surface area contributed by atoms with Crippen LogP contribution in [0.4, 0.5) is 4.79 Å². The molecule has 0 saturated carbocycles. The summed E-state index contributed by atoms with van der Waals surface area (Å²) in [6, 6.07) is 0. The first-order valence-electron chi connectivity index (χ1n) is 7.63. The van der Waals surface area contributed by atoms with Crippen molar-refractivity contribution in [3.63, 3.8) is 0 Å². The normalized spacial score (nSPS) is 19.0. The van der Waals surface area contributed by atoms with Crippen LogP contribution in [0.2, 0.25) is 0 Å². The highest BCUT2D eigenvalue weighted by Crippen LogP contribution is 2.28. The van der Waals surface area contributed by atoms with Gasteiger partial charge in [0.25, 0.3) is 0 Å². The van der Waals surface area contributed by atoms with E-state index in [1.54, 1.807) is 4.90 Å². The van der Waals surface area contributed by atoms with Gasteiger partial charge in [-0.05, 0) is 58.6 Å². The van der Waals surface area contributed by atoms with E-state index < -0.39 is 5.60 Å². The fraction of sp³-hybridized carbons (Fsp3) is 0.733. The summed E-state index contributed by atoms with van der Waals surface area (Å²) in [7, 11) is 0. The van der Waals surface area contributed by atoms with Crippen molar-refractivity contribution in [2.75, 3.05) is 13.1 Å². The van der Waals surface area contributed by atoms with Crippen molar-refractivity contribution in [2.45, 2.75) is 58.2 Å². The molecule has 0 aliphatic carbocycles. The second-order valence-electron chi connectivity index (χ2n) is 6.52. The van der Waals surface area contributed by atoms with Gasteiger partial charge in [-0.3, -0.25) is 4.90 Å². The molecular formula is C15H26N4O2. The number of hydrogen-bond acceptors (Lipinski definition) is 4. The molecule has 6 nitrogen and oxygen atoms in total. The molecule has 0 aromatic carbocycles. The van der Waals surface area contributed by atoms with Gasteiger partial charge in [-0.1, -0.05) is 0 Å². The standard InChI is InChI=1S/C15H26N4O2/c1-15(2,3)21-14(20)18-9-5-7-13(18)19-11-12(10-17-19)6-4-8-16/h10-11,13H,4-9,16H2,1-3H3. The fourth-order valence-electron chi connectivity index (χ4n) is 2.53. The van der Waals surface area contributed by atoms with E-state index in [4.69, 9.17) is 10.5 Å². The third-order valence-electron chi connectivity index (χ3n) is 3.48. The summed E-state index contributed by atoms with van der Waals surface area (Å²) in [5.74, 6) is 0. The van der Waals surface area contributed by atoms with Gasteiger partial charge in [0.1, 0.15) is 11.8 Å². The van der Waals surface area contributed by atoms with Gasteiger partial charge in [-0.2, -0.15) is 5.10 Å². The van der Waals surface area contributed by atoms with E-state index in [1.807, 2.05) is 37.8 Å². The van der Waals surface area contributed by atoms with Crippen LogP contribution in [0.1, 0.15) is 51.8 Å². The topological polar surface area (TPSA) is 73.4 Å². The minimum Gasteiger partial charge on any atom is -0.444 e. The predicted octanol–water partition coefficient (Wildman–Crippen LogP) is 2.30. The average Bonchev–Trinajstić information content (AvgIpc) is 3.02. The quantitative estimate of drug-likeness (QED) is 0.924. The molecule has 0 bridgehead atoms. The summed E-state index contributed by atoms with van der Waals surface area (Å²) in [6.45, 7) is 7.05. The molecule has 2 rings (SSSR count). The Labute approximate surface area is 126 Å². The van der Waals surface area contributed by atoms with Crippen molar-refractivity contribution < 1.29 is 9.53 Å². The highest BCUT2D eigenvalue weighted by atomic mass is 16.6. The molecule has 1 atom stereocenters. The minimum absolute atomic E-state index is 0.0357. The largest absolute Gasteiger partial charge is 0.444 e. The number of carbonyl (C=O) groups is 1. The number of carbonyl (C=O) groups excluding carboxylic acids is 1. The van der Waals surface area contributed by atoms with Gasteiger partial charge in [0.05, 0.1) is 6.20 Å². The molecule has 1 saturated heterocycles. The van der Waals surface area contributed by atoms with Gasteiger partial charge in [0, 0.05) is 12.7 Å². The lowest BCUT2D eigenvalue weighted by Gasteiger charge is -2.28. The van der Waals surface area contributed by atoms with Crippen LogP contribution in [0.15, 0.2) is 12.4 Å². The number of likely N-dealkylation sites (tertiary alicyclic amines) is 1. The predicted molar refractivity (Wildman–Crippen MR) is 80.8 cm³/mol. The molecule has 0 radical (unpaired) electrons. The Balaban J connectivity index is 2.04. The van der Waals surface area contributed by atoms with Crippen molar-refractivity contribution in [3.8, 4) is 0 Å². The Bertz CT molecular complexity index is 478. The zero-order valence-corrected chi connectivity index (χ0v) is 13.2. The molecule has 2 N–H and O–H groups in total. The summed E-state index contributed by atoms with van der Waals surface area (Å²) in [5, 5.41) is 4.41. The highest BCUT2D eigenvalue weighted by molar-refractivity contribution is 5.68. The van der Waals surface area contributed by atoms with E-state index in [1.165, 1.54) is 0 Å². The van der Waals surface area contributed by atoms with Gasteiger partial charge in [0.15, 0.2) is 0 Å². The van der Waals surface area contributed by atoms with Crippen molar-refractivity contribution in [3.05, 3.63) is 18.0 Å². The van der Waals surface area contributed by atoms with E-state index in [2.05, 4.69) is 5.10 Å². The van der Waals surface area contributed by atoms with Gasteiger partial charge in [-0.15, -0.1) is 0 Å². The second-order valence-corrected chi connectivity index (χ2v) is 6.52. The lowest BCUT2D eigenvalue weighted by atomic mass is 10.2. The molecule has 1 aromatic heterocycles. The number of rotatable bonds is 4. The summed E-state index contributed by atoms with van der Waals surface area (Å²) in [6.07, 6.45) is 7.35. The molecule has 1 aliphatic heterocycles. The van der Waals surface area contributed by atoms with Crippen molar-refractivity contribution in [2.24, 2.45) is 5.73 Å². The monoisotopic (exact) mass is 294 g/mol. The van der Waals surface area contributed by atoms with Gasteiger partial charge >= 0.3 is 6.09 Å². The molecule has 21 heavy (non-hydrogen) atoms. The molecule has 1 unspecified atom stereocenters. The number of hydrogen-bond donors (Lipinski definition) is 1. The van der Waals surface area contributed by atoms with Crippen molar-refractivity contribution in [1.82, 2.24) is 14.7 Å². The maximum absolute atomic E-state index is 12.3. The van der Waals surface area contributed by atoms with Crippen molar-refractivity contribution in [1.29, 1.82) is 0 Å². The molecule has 0 spiro atoms. The van der Waals surface area contributed by atoms with Crippen LogP contribution in [-0.4, -0.2) is 39.5 Å². The van der Waals surface area contributed by atoms with Crippen LogP contribution >= 0.6 is 0 Å². The van der Waals surface area contributed by atoms with E-state index >= 15 is 0 Å². The zero-order chi connectivity index (χ0) is 15.5. The summed E-state index contributed by atoms with van der Waals surface area (Å²) < 4.78 is 7.35. The molecule has 1 amide bonds. The minimum atomic E-state index is -0.472. The molecule has 6 heteroatoms. The van der Waals surface area contributed by atoms with Crippen LogP contribution in [0, 0.1) is 0 Å². The Hall–Kier alpha value is -1.56. The third-order valence-corrected chi connectivity index (χ3v) is 3.48. The lowest BCUT2D eigenvalue weighted by Crippen LogP contribution is -2.38. The van der Waals surface area contributed by atoms with E-state index in [9.17, 15) is 4.79 Å². The molecule has 118 valence electrons. The van der Waals surface area contributed by atoms with Crippen molar-refractivity contribution >= 4 is 6.09 Å². The smallest absolute Gasteiger partial charge is 0.411 e. The molecule has 2 heterocycles. The number of nitrogens with zero attached hydrogens (tertiary/aromatic N) is 3. The summed E-state index contributed by atoms with van der Waals surface area (Å²) in [4.78, 5) is 14.0. The van der Waals surface area contributed by atoms with Crippen LogP contribution in [0.25, 0.3) is 0 Å². The highest BCUT2D eigenvalue weighted by Gasteiger charge is 2.33. The Morgan fingerprint density at radius 1 is 1.52 bits per heavy atom. The molecule has 1 aliphatic rings. The third kappa shape index (κ3) is 4.20. The number of nitrogens with two attached hydrogens (primary N) is 1. The Morgan fingerprint density at radius 3 is 2.95 bits per heavy atom. The Morgan fingerprint density at radius 2 is 2.29 bits per heavy atom. The first kappa shape index (κ1) is 15.8. The van der Waals surface area contributed by atoms with Crippen LogP contribution in [-0.2, 0) is 11.2 Å². The van der Waals surface area contributed by atoms with Crippen LogP contribution in [0.3, 0.4) is 0 Å². The van der Waals surface area contributed by atoms with Gasteiger partial charge in [-0.25, -0.2) is 9.48 Å². The zero-order valence-electron chi connectivity index (χ0n) is 13.2. The summed E-state index contributed by atoms with van der Waals surface area (Å²) >= 11 is 0. The number of aromatic nitrogens is 2. The average molecular weight is 294 g/mol. The Kier molecular flexibility index (Phi) is 4.88.